The third kappa shape index (κ3) is 8.82. The van der Waals surface area contributed by atoms with E-state index in [2.05, 4.69) is 13.8 Å². The van der Waals surface area contributed by atoms with E-state index in [9.17, 15) is 8.78 Å². The maximum absolute atomic E-state index is 15.2. The molecule has 1 fully saturated rings. The summed E-state index contributed by atoms with van der Waals surface area (Å²) in [6, 6.07) is 12.1. The highest BCUT2D eigenvalue weighted by atomic mass is 19.2. The van der Waals surface area contributed by atoms with Crippen LogP contribution in [0.5, 0.6) is 5.75 Å². The second kappa shape index (κ2) is 16.8. The van der Waals surface area contributed by atoms with Crippen molar-refractivity contribution in [2.75, 3.05) is 19.8 Å². The second-order valence-corrected chi connectivity index (χ2v) is 11.5. The second-order valence-electron chi connectivity index (χ2n) is 11.5. The van der Waals surface area contributed by atoms with Gasteiger partial charge in [-0.2, -0.15) is 4.39 Å². The molecule has 0 spiro atoms. The Balaban J connectivity index is 1.37. The van der Waals surface area contributed by atoms with Crippen LogP contribution in [0.15, 0.2) is 48.5 Å². The number of hydrogen-bond donors (Lipinski definition) is 0. The molecule has 4 rings (SSSR count). The predicted octanol–water partition coefficient (Wildman–Crippen LogP) is 10.9. The third-order valence-electron chi connectivity index (χ3n) is 8.11. The number of hydrogen-bond acceptors (Lipinski definition) is 3. The van der Waals surface area contributed by atoms with Gasteiger partial charge in [-0.3, -0.25) is 0 Å². The molecule has 3 aromatic carbocycles. The zero-order valence-corrected chi connectivity index (χ0v) is 25.4. The smallest absolute Gasteiger partial charge is 0.201 e. The van der Waals surface area contributed by atoms with Gasteiger partial charge in [0.1, 0.15) is 0 Å². The average Bonchev–Trinajstić information content (AvgIpc) is 3.03. The van der Waals surface area contributed by atoms with Crippen molar-refractivity contribution in [2.24, 2.45) is 5.92 Å². The van der Waals surface area contributed by atoms with Crippen LogP contribution >= 0.6 is 0 Å². The molecule has 0 aromatic heterocycles. The molecule has 0 aliphatic carbocycles. The maximum atomic E-state index is 15.2. The van der Waals surface area contributed by atoms with Gasteiger partial charge >= 0.3 is 0 Å². The molecular formula is C36H44F4O3. The Hall–Kier alpha value is -2.90. The summed E-state index contributed by atoms with van der Waals surface area (Å²) in [7, 11) is 0. The van der Waals surface area contributed by atoms with Crippen LogP contribution < -0.4 is 4.74 Å². The molecule has 1 aliphatic rings. The van der Waals surface area contributed by atoms with E-state index < -0.39 is 29.6 Å². The van der Waals surface area contributed by atoms with Gasteiger partial charge in [-0.25, -0.2) is 13.2 Å². The van der Waals surface area contributed by atoms with Crippen LogP contribution in [0.3, 0.4) is 0 Å². The van der Waals surface area contributed by atoms with E-state index >= 15 is 8.78 Å². The zero-order valence-electron chi connectivity index (χ0n) is 25.4. The first-order valence-electron chi connectivity index (χ1n) is 15.9. The van der Waals surface area contributed by atoms with Gasteiger partial charge in [0.2, 0.25) is 5.82 Å². The van der Waals surface area contributed by atoms with Crippen LogP contribution in [-0.2, 0) is 9.47 Å². The van der Waals surface area contributed by atoms with Gasteiger partial charge in [-0.15, -0.1) is 0 Å². The molecule has 0 unspecified atom stereocenters. The lowest BCUT2D eigenvalue weighted by Crippen LogP contribution is -2.27. The molecule has 1 saturated heterocycles. The van der Waals surface area contributed by atoms with Gasteiger partial charge in [-0.05, 0) is 36.1 Å². The number of unbranched alkanes of at least 4 members (excludes halogenated alkanes) is 8. The van der Waals surface area contributed by atoms with Crippen molar-refractivity contribution in [3.8, 4) is 28.0 Å². The Morgan fingerprint density at radius 3 is 1.74 bits per heavy atom. The molecule has 0 radical (unpaired) electrons. The SMILES string of the molecule is CCCCCCCOc1ccc(-c2ccc(-c3ccc(C4OCC(CCCCCCC)CO4)c(F)c3F)cc2)c(F)c1F. The van der Waals surface area contributed by atoms with Crippen molar-refractivity contribution >= 4 is 0 Å². The van der Waals surface area contributed by atoms with Crippen LogP contribution in [0.25, 0.3) is 22.3 Å². The fraction of sp³-hybridized carbons (Fsp3) is 0.500. The summed E-state index contributed by atoms with van der Waals surface area (Å²) in [5.41, 5.74) is 0.965. The zero-order chi connectivity index (χ0) is 30.6. The number of ether oxygens (including phenoxy) is 3. The lowest BCUT2D eigenvalue weighted by molar-refractivity contribution is -0.207. The molecule has 0 bridgehead atoms. The highest BCUT2D eigenvalue weighted by molar-refractivity contribution is 5.71. The minimum absolute atomic E-state index is 0.0279. The lowest BCUT2D eigenvalue weighted by Gasteiger charge is -2.30. The Morgan fingerprint density at radius 2 is 1.14 bits per heavy atom. The van der Waals surface area contributed by atoms with E-state index in [-0.39, 0.29) is 28.4 Å². The first kappa shape index (κ1) is 33.0. The van der Waals surface area contributed by atoms with Crippen molar-refractivity contribution < 1.29 is 31.8 Å². The minimum Gasteiger partial charge on any atom is -0.490 e. The highest BCUT2D eigenvalue weighted by Gasteiger charge is 2.28. The van der Waals surface area contributed by atoms with Gasteiger partial charge < -0.3 is 14.2 Å². The first-order chi connectivity index (χ1) is 20.9. The van der Waals surface area contributed by atoms with E-state index in [0.717, 1.165) is 44.9 Å². The fourth-order valence-corrected chi connectivity index (χ4v) is 5.48. The van der Waals surface area contributed by atoms with Crippen molar-refractivity contribution in [3.05, 3.63) is 77.4 Å². The number of halogens is 4. The van der Waals surface area contributed by atoms with E-state index in [1.807, 2.05) is 0 Å². The summed E-state index contributed by atoms with van der Waals surface area (Å²) >= 11 is 0. The van der Waals surface area contributed by atoms with Gasteiger partial charge in [-0.1, -0.05) is 108 Å². The van der Waals surface area contributed by atoms with Gasteiger partial charge in [0, 0.05) is 22.6 Å². The van der Waals surface area contributed by atoms with Crippen LogP contribution in [0.1, 0.15) is 96.3 Å². The molecule has 3 nitrogen and oxygen atoms in total. The molecule has 7 heteroatoms. The Kier molecular flexibility index (Phi) is 12.9. The monoisotopic (exact) mass is 600 g/mol. The van der Waals surface area contributed by atoms with Gasteiger partial charge in [0.25, 0.3) is 0 Å². The average molecular weight is 601 g/mol. The largest absolute Gasteiger partial charge is 0.490 e. The molecule has 0 N–H and O–H groups in total. The van der Waals surface area contributed by atoms with E-state index in [4.69, 9.17) is 14.2 Å². The first-order valence-corrected chi connectivity index (χ1v) is 15.9. The molecule has 1 aliphatic heterocycles. The highest BCUT2D eigenvalue weighted by Crippen LogP contribution is 2.35. The van der Waals surface area contributed by atoms with Crippen molar-refractivity contribution in [3.63, 3.8) is 0 Å². The molecule has 0 saturated carbocycles. The topological polar surface area (TPSA) is 27.7 Å². The lowest BCUT2D eigenvalue weighted by atomic mass is 9.98. The van der Waals surface area contributed by atoms with Crippen LogP contribution in [0.4, 0.5) is 17.6 Å². The third-order valence-corrected chi connectivity index (χ3v) is 8.11. The maximum Gasteiger partial charge on any atom is 0.201 e. The van der Waals surface area contributed by atoms with Crippen molar-refractivity contribution in [2.45, 2.75) is 90.8 Å². The number of rotatable bonds is 16. The van der Waals surface area contributed by atoms with Crippen LogP contribution in [-0.4, -0.2) is 19.8 Å². The predicted molar refractivity (Wildman–Crippen MR) is 163 cm³/mol. The summed E-state index contributed by atoms with van der Waals surface area (Å²) in [6.07, 6.45) is 11.1. The summed E-state index contributed by atoms with van der Waals surface area (Å²) in [4.78, 5) is 0. The van der Waals surface area contributed by atoms with Gasteiger partial charge in [0.05, 0.1) is 19.8 Å². The Bertz CT molecular complexity index is 1290. The molecular weight excluding hydrogens is 556 g/mol. The molecule has 43 heavy (non-hydrogen) atoms. The summed E-state index contributed by atoms with van der Waals surface area (Å²) < 4.78 is 77.0. The molecule has 0 atom stereocenters. The fourth-order valence-electron chi connectivity index (χ4n) is 5.48. The Morgan fingerprint density at radius 1 is 0.605 bits per heavy atom. The Labute approximate surface area is 253 Å². The van der Waals surface area contributed by atoms with Crippen molar-refractivity contribution in [1.29, 1.82) is 0 Å². The summed E-state index contributed by atoms with van der Waals surface area (Å²) in [5, 5.41) is 0. The molecule has 0 amide bonds. The number of benzene rings is 3. The summed E-state index contributed by atoms with van der Waals surface area (Å²) in [6.45, 7) is 5.55. The quantitative estimate of drug-likeness (QED) is 0.121. The minimum atomic E-state index is -1.04. The van der Waals surface area contributed by atoms with Gasteiger partial charge in [0.15, 0.2) is 29.5 Å². The summed E-state index contributed by atoms with van der Waals surface area (Å²) in [5.74, 6) is -3.93. The molecule has 3 aromatic rings. The van der Waals surface area contributed by atoms with E-state index in [0.29, 0.717) is 30.9 Å². The normalized spacial score (nSPS) is 16.9. The van der Waals surface area contributed by atoms with Crippen LogP contribution in [0.2, 0.25) is 0 Å². The van der Waals surface area contributed by atoms with E-state index in [1.54, 1.807) is 24.3 Å². The molecule has 1 heterocycles. The van der Waals surface area contributed by atoms with E-state index in [1.165, 1.54) is 49.9 Å². The van der Waals surface area contributed by atoms with Crippen LogP contribution in [0, 0.1) is 29.2 Å². The standard InChI is InChI=1S/C36H44F4O3/c1-3-5-7-9-11-13-25-23-42-36(43-24-25)30-19-18-28(32(37)34(30)39)26-14-16-27(17-15-26)29-20-21-31(35(40)33(29)38)41-22-12-10-8-6-4-2/h14-21,25,36H,3-13,22-24H2,1-2H3. The van der Waals surface area contributed by atoms with Crippen molar-refractivity contribution in [1.82, 2.24) is 0 Å². The molecule has 234 valence electrons.